The zero-order chi connectivity index (χ0) is 7.98. The molecular formula is C6H10N2O2. The van der Waals surface area contributed by atoms with Crippen molar-refractivity contribution in [3.05, 3.63) is 0 Å². The van der Waals surface area contributed by atoms with E-state index in [1.807, 2.05) is 6.07 Å². The van der Waals surface area contributed by atoms with E-state index in [0.717, 1.165) is 0 Å². The lowest BCUT2D eigenvalue weighted by atomic mass is 10.5. The van der Waals surface area contributed by atoms with Crippen LogP contribution in [0.4, 0.5) is 4.79 Å². The normalized spacial score (nSPS) is 8.10. The fraction of sp³-hybridized carbons (Fsp3) is 0.667. The Labute approximate surface area is 60.0 Å². The van der Waals surface area contributed by atoms with Gasteiger partial charge in [0.15, 0.2) is 0 Å². The molecule has 0 heterocycles. The molecule has 0 fully saturated rings. The molecule has 4 heteroatoms. The van der Waals surface area contributed by atoms with Gasteiger partial charge in [0.05, 0.1) is 13.2 Å². The Morgan fingerprint density at radius 1 is 1.80 bits per heavy atom. The lowest BCUT2D eigenvalue weighted by Gasteiger charge is -2.14. The number of ether oxygens (including phenoxy) is 1. The van der Waals surface area contributed by atoms with E-state index in [9.17, 15) is 4.79 Å². The van der Waals surface area contributed by atoms with Gasteiger partial charge in [-0.05, 0) is 6.92 Å². The van der Waals surface area contributed by atoms with Crippen molar-refractivity contribution in [3.63, 3.8) is 0 Å². The number of hydrogen-bond donors (Lipinski definition) is 0. The summed E-state index contributed by atoms with van der Waals surface area (Å²) in [6, 6.07) is 1.86. The van der Waals surface area contributed by atoms with E-state index in [4.69, 9.17) is 5.26 Å². The monoisotopic (exact) mass is 142 g/mol. The molecule has 0 unspecified atom stereocenters. The van der Waals surface area contributed by atoms with Crippen LogP contribution in [0.1, 0.15) is 6.92 Å². The average molecular weight is 142 g/mol. The second-order valence-electron chi connectivity index (χ2n) is 1.64. The van der Waals surface area contributed by atoms with Crippen LogP contribution in [0.15, 0.2) is 0 Å². The highest BCUT2D eigenvalue weighted by atomic mass is 16.5. The van der Waals surface area contributed by atoms with Gasteiger partial charge in [0.25, 0.3) is 0 Å². The molecule has 0 saturated carbocycles. The summed E-state index contributed by atoms with van der Waals surface area (Å²) in [5.74, 6) is 0. The van der Waals surface area contributed by atoms with E-state index in [1.165, 1.54) is 12.0 Å². The van der Waals surface area contributed by atoms with Gasteiger partial charge in [0.1, 0.15) is 6.54 Å². The van der Waals surface area contributed by atoms with Crippen molar-refractivity contribution >= 4 is 6.09 Å². The summed E-state index contributed by atoms with van der Waals surface area (Å²) >= 11 is 0. The zero-order valence-corrected chi connectivity index (χ0v) is 6.13. The largest absolute Gasteiger partial charge is 0.453 e. The number of rotatable bonds is 2. The van der Waals surface area contributed by atoms with Crippen molar-refractivity contribution in [2.75, 3.05) is 20.2 Å². The van der Waals surface area contributed by atoms with Crippen molar-refractivity contribution < 1.29 is 9.53 Å². The van der Waals surface area contributed by atoms with Gasteiger partial charge in [0.2, 0.25) is 0 Å². The van der Waals surface area contributed by atoms with Gasteiger partial charge in [-0.1, -0.05) is 0 Å². The van der Waals surface area contributed by atoms with Gasteiger partial charge in [-0.3, -0.25) is 4.90 Å². The maximum atomic E-state index is 10.7. The van der Waals surface area contributed by atoms with E-state index in [1.54, 1.807) is 6.92 Å². The van der Waals surface area contributed by atoms with Crippen LogP contribution < -0.4 is 0 Å². The molecule has 0 aliphatic heterocycles. The van der Waals surface area contributed by atoms with Crippen LogP contribution in [-0.2, 0) is 4.74 Å². The van der Waals surface area contributed by atoms with Crippen molar-refractivity contribution in [1.29, 1.82) is 5.26 Å². The molecule has 0 aromatic heterocycles. The van der Waals surface area contributed by atoms with Crippen LogP contribution in [-0.4, -0.2) is 31.2 Å². The van der Waals surface area contributed by atoms with Gasteiger partial charge >= 0.3 is 6.09 Å². The van der Waals surface area contributed by atoms with Crippen LogP contribution in [0, 0.1) is 11.3 Å². The molecule has 4 nitrogen and oxygen atoms in total. The summed E-state index contributed by atoms with van der Waals surface area (Å²) in [5, 5.41) is 8.21. The fourth-order valence-corrected chi connectivity index (χ4v) is 0.520. The van der Waals surface area contributed by atoms with Crippen molar-refractivity contribution in [2.24, 2.45) is 0 Å². The maximum Gasteiger partial charge on any atom is 0.410 e. The van der Waals surface area contributed by atoms with Crippen LogP contribution in [0.5, 0.6) is 0 Å². The SMILES string of the molecule is CCN(CC#N)C(=O)OC. The molecule has 0 atom stereocenters. The lowest BCUT2D eigenvalue weighted by molar-refractivity contribution is 0.131. The highest BCUT2D eigenvalue weighted by molar-refractivity contribution is 5.67. The first-order valence-electron chi connectivity index (χ1n) is 2.96. The Morgan fingerprint density at radius 2 is 2.40 bits per heavy atom. The third-order valence-electron chi connectivity index (χ3n) is 1.08. The second-order valence-corrected chi connectivity index (χ2v) is 1.64. The number of nitrogens with zero attached hydrogens (tertiary/aromatic N) is 2. The molecule has 56 valence electrons. The minimum Gasteiger partial charge on any atom is -0.453 e. The lowest BCUT2D eigenvalue weighted by Crippen LogP contribution is -2.30. The summed E-state index contributed by atoms with van der Waals surface area (Å²) in [5.41, 5.74) is 0. The number of nitriles is 1. The summed E-state index contributed by atoms with van der Waals surface area (Å²) in [7, 11) is 1.29. The highest BCUT2D eigenvalue weighted by Crippen LogP contribution is 1.89. The third kappa shape index (κ3) is 2.35. The van der Waals surface area contributed by atoms with Gasteiger partial charge in [-0.25, -0.2) is 4.79 Å². The van der Waals surface area contributed by atoms with E-state index in [2.05, 4.69) is 4.74 Å². The molecule has 0 spiro atoms. The number of carbonyl (C=O) groups is 1. The Balaban J connectivity index is 3.83. The Bertz CT molecular complexity index is 150. The number of methoxy groups -OCH3 is 1. The smallest absolute Gasteiger partial charge is 0.410 e. The fourth-order valence-electron chi connectivity index (χ4n) is 0.520. The summed E-state index contributed by atoms with van der Waals surface area (Å²) in [4.78, 5) is 12.0. The number of hydrogen-bond acceptors (Lipinski definition) is 3. The standard InChI is InChI=1S/C6H10N2O2/c1-3-8(5-4-7)6(9)10-2/h3,5H2,1-2H3. The highest BCUT2D eigenvalue weighted by Gasteiger charge is 2.08. The molecule has 0 aliphatic rings. The van der Waals surface area contributed by atoms with Crippen LogP contribution >= 0.6 is 0 Å². The molecule has 0 rings (SSSR count). The summed E-state index contributed by atoms with van der Waals surface area (Å²) < 4.78 is 4.39. The van der Waals surface area contributed by atoms with E-state index in [-0.39, 0.29) is 6.54 Å². The summed E-state index contributed by atoms with van der Waals surface area (Å²) in [6.45, 7) is 2.37. The first-order valence-corrected chi connectivity index (χ1v) is 2.96. The topological polar surface area (TPSA) is 53.3 Å². The zero-order valence-electron chi connectivity index (χ0n) is 6.13. The quantitative estimate of drug-likeness (QED) is 0.530. The number of amides is 1. The van der Waals surface area contributed by atoms with Gasteiger partial charge in [0, 0.05) is 6.54 Å². The van der Waals surface area contributed by atoms with E-state index in [0.29, 0.717) is 6.54 Å². The molecular weight excluding hydrogens is 132 g/mol. The molecule has 0 radical (unpaired) electrons. The van der Waals surface area contributed by atoms with Gasteiger partial charge in [-0.15, -0.1) is 0 Å². The Hall–Kier alpha value is -1.24. The first kappa shape index (κ1) is 8.76. The van der Waals surface area contributed by atoms with E-state index >= 15 is 0 Å². The van der Waals surface area contributed by atoms with E-state index < -0.39 is 6.09 Å². The third-order valence-corrected chi connectivity index (χ3v) is 1.08. The van der Waals surface area contributed by atoms with Crippen molar-refractivity contribution in [2.45, 2.75) is 6.92 Å². The molecule has 0 aromatic rings. The first-order chi connectivity index (χ1) is 4.76. The van der Waals surface area contributed by atoms with Crippen LogP contribution in [0.2, 0.25) is 0 Å². The summed E-state index contributed by atoms with van der Waals surface area (Å²) in [6.07, 6.45) is -0.455. The van der Waals surface area contributed by atoms with Gasteiger partial charge < -0.3 is 4.74 Å². The molecule has 0 N–H and O–H groups in total. The average Bonchev–Trinajstić information content (AvgIpc) is 1.99. The minimum absolute atomic E-state index is 0.0865. The second kappa shape index (κ2) is 4.62. The minimum atomic E-state index is -0.455. The molecule has 0 aliphatic carbocycles. The molecule has 0 saturated heterocycles. The maximum absolute atomic E-state index is 10.7. The predicted molar refractivity (Wildman–Crippen MR) is 35.3 cm³/mol. The Kier molecular flexibility index (Phi) is 4.05. The van der Waals surface area contributed by atoms with Crippen molar-refractivity contribution in [1.82, 2.24) is 4.90 Å². The molecule has 10 heavy (non-hydrogen) atoms. The Morgan fingerprint density at radius 3 is 2.70 bits per heavy atom. The van der Waals surface area contributed by atoms with Gasteiger partial charge in [-0.2, -0.15) is 5.26 Å². The molecule has 0 aromatic carbocycles. The number of carbonyl (C=O) groups excluding carboxylic acids is 1. The molecule has 1 amide bonds. The van der Waals surface area contributed by atoms with Crippen molar-refractivity contribution in [3.8, 4) is 6.07 Å². The predicted octanol–water partition coefficient (Wildman–Crippen LogP) is 0.598. The van der Waals surface area contributed by atoms with Crippen LogP contribution in [0.3, 0.4) is 0 Å². The van der Waals surface area contributed by atoms with Crippen LogP contribution in [0.25, 0.3) is 0 Å². The molecule has 0 bridgehead atoms.